The summed E-state index contributed by atoms with van der Waals surface area (Å²) in [6, 6.07) is 15.2. The van der Waals surface area contributed by atoms with Gasteiger partial charge in [0.15, 0.2) is 0 Å². The molecule has 30 heavy (non-hydrogen) atoms. The van der Waals surface area contributed by atoms with Crippen molar-refractivity contribution in [3.63, 3.8) is 0 Å². The smallest absolute Gasteiger partial charge is 0.243 e. The summed E-state index contributed by atoms with van der Waals surface area (Å²) in [4.78, 5) is 17.4. The third-order valence-corrected chi connectivity index (χ3v) is 7.95. The van der Waals surface area contributed by atoms with Gasteiger partial charge in [0.05, 0.1) is 11.4 Å². The van der Waals surface area contributed by atoms with Crippen molar-refractivity contribution in [2.24, 2.45) is 0 Å². The average Bonchev–Trinajstić information content (AvgIpc) is 2.88. The first-order valence-electron chi connectivity index (χ1n) is 10.6. The van der Waals surface area contributed by atoms with Crippen LogP contribution in [0.25, 0.3) is 0 Å². The van der Waals surface area contributed by atoms with Crippen molar-refractivity contribution in [2.45, 2.75) is 37.6 Å². The predicted octanol–water partition coefficient (Wildman–Crippen LogP) is 2.67. The molecule has 2 aromatic carbocycles. The SMILES string of the molecule is Cc1ccc(S(=O)(=O)N2CCCN(CC(=O)N3c4ccccc4C[C@@H]3C)CC2)cc1. The van der Waals surface area contributed by atoms with Crippen molar-refractivity contribution < 1.29 is 13.2 Å². The number of rotatable bonds is 4. The molecule has 2 aliphatic rings. The topological polar surface area (TPSA) is 60.9 Å². The first-order valence-corrected chi connectivity index (χ1v) is 12.0. The van der Waals surface area contributed by atoms with Gasteiger partial charge in [0, 0.05) is 31.4 Å². The summed E-state index contributed by atoms with van der Waals surface area (Å²) in [5.41, 5.74) is 3.25. The van der Waals surface area contributed by atoms with Crippen LogP contribution in [0.15, 0.2) is 53.4 Å². The van der Waals surface area contributed by atoms with E-state index in [1.807, 2.05) is 42.2 Å². The molecule has 1 amide bonds. The maximum atomic E-state index is 13.1. The highest BCUT2D eigenvalue weighted by atomic mass is 32.2. The lowest BCUT2D eigenvalue weighted by Crippen LogP contribution is -2.44. The van der Waals surface area contributed by atoms with Gasteiger partial charge >= 0.3 is 0 Å². The molecule has 0 saturated carbocycles. The minimum absolute atomic E-state index is 0.0855. The normalized spacial score (nSPS) is 20.7. The number of fused-ring (bicyclic) bond motifs is 1. The molecule has 7 heteroatoms. The van der Waals surface area contributed by atoms with Crippen molar-refractivity contribution in [1.82, 2.24) is 9.21 Å². The van der Waals surface area contributed by atoms with Crippen molar-refractivity contribution >= 4 is 21.6 Å². The van der Waals surface area contributed by atoms with Crippen LogP contribution in [-0.2, 0) is 21.2 Å². The zero-order valence-electron chi connectivity index (χ0n) is 17.6. The number of anilines is 1. The number of hydrogen-bond donors (Lipinski definition) is 0. The monoisotopic (exact) mass is 427 g/mol. The van der Waals surface area contributed by atoms with Crippen LogP contribution in [-0.4, -0.2) is 62.3 Å². The fourth-order valence-electron chi connectivity index (χ4n) is 4.42. The second-order valence-electron chi connectivity index (χ2n) is 8.29. The minimum Gasteiger partial charge on any atom is -0.308 e. The van der Waals surface area contributed by atoms with Gasteiger partial charge in [-0.3, -0.25) is 9.69 Å². The van der Waals surface area contributed by atoms with Crippen molar-refractivity contribution in [3.05, 3.63) is 59.7 Å². The summed E-state index contributed by atoms with van der Waals surface area (Å²) in [5, 5.41) is 0. The van der Waals surface area contributed by atoms with E-state index in [4.69, 9.17) is 0 Å². The minimum atomic E-state index is -3.51. The van der Waals surface area contributed by atoms with Crippen LogP contribution in [0.5, 0.6) is 0 Å². The molecule has 0 aromatic heterocycles. The van der Waals surface area contributed by atoms with Gasteiger partial charge in [0.2, 0.25) is 15.9 Å². The van der Waals surface area contributed by atoms with Crippen molar-refractivity contribution in [1.29, 1.82) is 0 Å². The number of aryl methyl sites for hydroxylation is 1. The Morgan fingerprint density at radius 2 is 1.73 bits per heavy atom. The maximum absolute atomic E-state index is 13.1. The van der Waals surface area contributed by atoms with E-state index in [-0.39, 0.29) is 11.9 Å². The molecule has 0 aliphatic carbocycles. The van der Waals surface area contributed by atoms with Crippen LogP contribution < -0.4 is 4.90 Å². The van der Waals surface area contributed by atoms with E-state index in [0.29, 0.717) is 37.5 Å². The Bertz CT molecular complexity index is 1020. The third-order valence-electron chi connectivity index (χ3n) is 6.04. The number of benzene rings is 2. The fraction of sp³-hybridized carbons (Fsp3) is 0.435. The second-order valence-corrected chi connectivity index (χ2v) is 10.2. The van der Waals surface area contributed by atoms with Gasteiger partial charge in [-0.05, 0) is 57.0 Å². The lowest BCUT2D eigenvalue weighted by Gasteiger charge is -2.27. The van der Waals surface area contributed by atoms with E-state index in [1.165, 1.54) is 5.56 Å². The maximum Gasteiger partial charge on any atom is 0.243 e. The Kier molecular flexibility index (Phi) is 5.95. The standard InChI is InChI=1S/C23H29N3O3S/c1-18-8-10-21(11-9-18)30(28,29)25-13-5-12-24(14-15-25)17-23(27)26-19(2)16-20-6-3-4-7-22(20)26/h3-4,6-11,19H,5,12-17H2,1-2H3/t19-/m0/s1. The van der Waals surface area contributed by atoms with Gasteiger partial charge in [-0.2, -0.15) is 4.31 Å². The molecule has 1 saturated heterocycles. The number of carbonyl (C=O) groups excluding carboxylic acids is 1. The molecule has 4 rings (SSSR count). The molecule has 0 unspecified atom stereocenters. The van der Waals surface area contributed by atoms with Gasteiger partial charge in [-0.1, -0.05) is 35.9 Å². The zero-order valence-corrected chi connectivity index (χ0v) is 18.4. The molecule has 0 N–H and O–H groups in total. The Labute approximate surface area is 179 Å². The Morgan fingerprint density at radius 3 is 2.50 bits per heavy atom. The summed E-state index contributed by atoms with van der Waals surface area (Å²) in [5.74, 6) is 0.0855. The quantitative estimate of drug-likeness (QED) is 0.753. The van der Waals surface area contributed by atoms with Gasteiger partial charge in [0.1, 0.15) is 0 Å². The highest BCUT2D eigenvalue weighted by Crippen LogP contribution is 2.32. The highest BCUT2D eigenvalue weighted by Gasteiger charge is 2.32. The van der Waals surface area contributed by atoms with Gasteiger partial charge in [0.25, 0.3) is 0 Å². The first-order chi connectivity index (χ1) is 14.4. The summed E-state index contributed by atoms with van der Waals surface area (Å²) in [7, 11) is -3.51. The largest absolute Gasteiger partial charge is 0.308 e. The zero-order chi connectivity index (χ0) is 21.3. The van der Waals surface area contributed by atoms with E-state index in [0.717, 1.165) is 24.2 Å². The molecular weight excluding hydrogens is 398 g/mol. The molecule has 2 heterocycles. The summed E-state index contributed by atoms with van der Waals surface area (Å²) in [6.07, 6.45) is 1.59. The van der Waals surface area contributed by atoms with Crippen LogP contribution in [0, 0.1) is 6.92 Å². The first kappa shape index (κ1) is 21.0. The van der Waals surface area contributed by atoms with Crippen molar-refractivity contribution in [2.75, 3.05) is 37.6 Å². The molecule has 1 atom stereocenters. The van der Waals surface area contributed by atoms with Crippen molar-refractivity contribution in [3.8, 4) is 0 Å². The number of nitrogens with zero attached hydrogens (tertiary/aromatic N) is 3. The Morgan fingerprint density at radius 1 is 1.00 bits per heavy atom. The van der Waals surface area contributed by atoms with Crippen LogP contribution in [0.4, 0.5) is 5.69 Å². The molecule has 2 aromatic rings. The summed E-state index contributed by atoms with van der Waals surface area (Å²) < 4.78 is 27.6. The predicted molar refractivity (Wildman–Crippen MR) is 118 cm³/mol. The van der Waals surface area contributed by atoms with Gasteiger partial charge in [-0.15, -0.1) is 0 Å². The second kappa shape index (κ2) is 8.49. The molecule has 6 nitrogen and oxygen atoms in total. The van der Waals surface area contributed by atoms with Crippen LogP contribution >= 0.6 is 0 Å². The van der Waals surface area contributed by atoms with E-state index in [9.17, 15) is 13.2 Å². The van der Waals surface area contributed by atoms with E-state index >= 15 is 0 Å². The van der Waals surface area contributed by atoms with Crippen LogP contribution in [0.1, 0.15) is 24.5 Å². The number of para-hydroxylation sites is 1. The lowest BCUT2D eigenvalue weighted by atomic mass is 10.1. The third kappa shape index (κ3) is 4.15. The van der Waals surface area contributed by atoms with Gasteiger partial charge < -0.3 is 4.90 Å². The fourth-order valence-corrected chi connectivity index (χ4v) is 5.89. The van der Waals surface area contributed by atoms with E-state index < -0.39 is 10.0 Å². The summed E-state index contributed by atoms with van der Waals surface area (Å²) >= 11 is 0. The highest BCUT2D eigenvalue weighted by molar-refractivity contribution is 7.89. The number of amides is 1. The molecule has 0 bridgehead atoms. The molecule has 1 fully saturated rings. The number of carbonyl (C=O) groups is 1. The molecule has 0 spiro atoms. The number of sulfonamides is 1. The van der Waals surface area contributed by atoms with E-state index in [1.54, 1.807) is 16.4 Å². The molecular formula is C23H29N3O3S. The van der Waals surface area contributed by atoms with Crippen LogP contribution in [0.2, 0.25) is 0 Å². The van der Waals surface area contributed by atoms with E-state index in [2.05, 4.69) is 17.9 Å². The molecule has 0 radical (unpaired) electrons. The molecule has 2 aliphatic heterocycles. The van der Waals surface area contributed by atoms with Gasteiger partial charge in [-0.25, -0.2) is 8.42 Å². The van der Waals surface area contributed by atoms with Crippen LogP contribution in [0.3, 0.4) is 0 Å². The Hall–Kier alpha value is -2.22. The lowest BCUT2D eigenvalue weighted by molar-refractivity contribution is -0.120. The summed E-state index contributed by atoms with van der Waals surface area (Å²) in [6.45, 7) is 6.49. The number of hydrogen-bond acceptors (Lipinski definition) is 4. The molecule has 160 valence electrons. The average molecular weight is 428 g/mol. The Balaban J connectivity index is 1.41.